The van der Waals surface area contributed by atoms with Gasteiger partial charge in [0, 0.05) is 16.4 Å². The molecule has 0 bridgehead atoms. The molecule has 1 heterocycles. The maximum Gasteiger partial charge on any atom is 0.274 e. The molecule has 2 rings (SSSR count). The van der Waals surface area contributed by atoms with Crippen LogP contribution in [0.5, 0.6) is 0 Å². The SMILES string of the molecule is Cc1cc(Cl)cc(C(=O)Nc2ccccc2C)n1. The molecule has 1 aromatic heterocycles. The first-order chi connectivity index (χ1) is 8.56. The Labute approximate surface area is 111 Å². The fourth-order valence-corrected chi connectivity index (χ4v) is 1.90. The van der Waals surface area contributed by atoms with Crippen LogP contribution in [0.15, 0.2) is 36.4 Å². The monoisotopic (exact) mass is 260 g/mol. The Kier molecular flexibility index (Phi) is 3.63. The molecule has 1 amide bonds. The highest BCUT2D eigenvalue weighted by Crippen LogP contribution is 2.16. The molecular weight excluding hydrogens is 248 g/mol. The zero-order chi connectivity index (χ0) is 13.1. The summed E-state index contributed by atoms with van der Waals surface area (Å²) in [6.07, 6.45) is 0. The molecule has 0 aliphatic heterocycles. The first-order valence-corrected chi connectivity index (χ1v) is 5.95. The molecular formula is C14H13ClN2O. The Morgan fingerprint density at radius 2 is 1.94 bits per heavy atom. The molecule has 0 radical (unpaired) electrons. The summed E-state index contributed by atoms with van der Waals surface area (Å²) in [6.45, 7) is 3.74. The average Bonchev–Trinajstić information content (AvgIpc) is 2.31. The molecule has 3 nitrogen and oxygen atoms in total. The van der Waals surface area contributed by atoms with Crippen molar-refractivity contribution in [1.29, 1.82) is 0 Å². The quantitative estimate of drug-likeness (QED) is 0.896. The molecule has 1 N–H and O–H groups in total. The van der Waals surface area contributed by atoms with Crippen molar-refractivity contribution in [3.05, 3.63) is 58.4 Å². The van der Waals surface area contributed by atoms with E-state index in [1.54, 1.807) is 19.1 Å². The van der Waals surface area contributed by atoms with Gasteiger partial charge in [0.05, 0.1) is 0 Å². The summed E-state index contributed by atoms with van der Waals surface area (Å²) in [6, 6.07) is 10.9. The second-order valence-corrected chi connectivity index (χ2v) is 4.52. The third-order valence-corrected chi connectivity index (χ3v) is 2.76. The van der Waals surface area contributed by atoms with E-state index in [2.05, 4.69) is 10.3 Å². The van der Waals surface area contributed by atoms with Gasteiger partial charge in [0.15, 0.2) is 0 Å². The molecule has 4 heteroatoms. The smallest absolute Gasteiger partial charge is 0.274 e. The molecule has 0 fully saturated rings. The van der Waals surface area contributed by atoms with E-state index in [0.717, 1.165) is 16.9 Å². The van der Waals surface area contributed by atoms with Gasteiger partial charge in [-0.15, -0.1) is 0 Å². The minimum Gasteiger partial charge on any atom is -0.320 e. The molecule has 1 aromatic carbocycles. The van der Waals surface area contributed by atoms with E-state index < -0.39 is 0 Å². The number of benzene rings is 1. The topological polar surface area (TPSA) is 42.0 Å². The van der Waals surface area contributed by atoms with E-state index in [9.17, 15) is 4.79 Å². The van der Waals surface area contributed by atoms with Crippen molar-refractivity contribution in [2.24, 2.45) is 0 Å². The average molecular weight is 261 g/mol. The summed E-state index contributed by atoms with van der Waals surface area (Å²) < 4.78 is 0. The number of amides is 1. The fourth-order valence-electron chi connectivity index (χ4n) is 1.64. The molecule has 92 valence electrons. The highest BCUT2D eigenvalue weighted by atomic mass is 35.5. The molecule has 0 aliphatic carbocycles. The highest BCUT2D eigenvalue weighted by molar-refractivity contribution is 6.31. The number of aromatic nitrogens is 1. The number of nitrogens with one attached hydrogen (secondary N) is 1. The molecule has 0 saturated carbocycles. The maximum absolute atomic E-state index is 12.0. The number of aryl methyl sites for hydroxylation is 2. The van der Waals surface area contributed by atoms with Gasteiger partial charge in [0.25, 0.3) is 5.91 Å². The van der Waals surface area contributed by atoms with Gasteiger partial charge in [-0.25, -0.2) is 4.98 Å². The third-order valence-electron chi connectivity index (χ3n) is 2.54. The number of carbonyl (C=O) groups is 1. The van der Waals surface area contributed by atoms with E-state index in [4.69, 9.17) is 11.6 Å². The Morgan fingerprint density at radius 1 is 1.22 bits per heavy atom. The number of hydrogen-bond acceptors (Lipinski definition) is 2. The van der Waals surface area contributed by atoms with Crippen molar-refractivity contribution in [3.8, 4) is 0 Å². The predicted octanol–water partition coefficient (Wildman–Crippen LogP) is 3.60. The maximum atomic E-state index is 12.0. The van der Waals surface area contributed by atoms with E-state index in [0.29, 0.717) is 10.7 Å². The van der Waals surface area contributed by atoms with E-state index in [1.807, 2.05) is 31.2 Å². The third kappa shape index (κ3) is 2.87. The second kappa shape index (κ2) is 5.19. The van der Waals surface area contributed by atoms with Crippen molar-refractivity contribution in [2.45, 2.75) is 13.8 Å². The van der Waals surface area contributed by atoms with Crippen LogP contribution < -0.4 is 5.32 Å². The molecule has 0 atom stereocenters. The second-order valence-electron chi connectivity index (χ2n) is 4.08. The van der Waals surface area contributed by atoms with Gasteiger partial charge in [0.2, 0.25) is 0 Å². The van der Waals surface area contributed by atoms with Crippen LogP contribution in [0, 0.1) is 13.8 Å². The Morgan fingerprint density at radius 3 is 2.61 bits per heavy atom. The summed E-state index contributed by atoms with van der Waals surface area (Å²) in [7, 11) is 0. The van der Waals surface area contributed by atoms with Crippen molar-refractivity contribution in [3.63, 3.8) is 0 Å². The van der Waals surface area contributed by atoms with Gasteiger partial charge in [-0.05, 0) is 37.6 Å². The molecule has 2 aromatic rings. The molecule has 18 heavy (non-hydrogen) atoms. The van der Waals surface area contributed by atoms with Crippen LogP contribution >= 0.6 is 11.6 Å². The Balaban J connectivity index is 2.25. The minimum atomic E-state index is -0.255. The van der Waals surface area contributed by atoms with Gasteiger partial charge < -0.3 is 5.32 Å². The van der Waals surface area contributed by atoms with Gasteiger partial charge in [-0.1, -0.05) is 29.8 Å². The number of carbonyl (C=O) groups excluding carboxylic acids is 1. The summed E-state index contributed by atoms with van der Waals surface area (Å²) in [5.41, 5.74) is 2.83. The summed E-state index contributed by atoms with van der Waals surface area (Å²) in [5.74, 6) is -0.255. The van der Waals surface area contributed by atoms with Gasteiger partial charge >= 0.3 is 0 Å². The number of pyridine rings is 1. The lowest BCUT2D eigenvalue weighted by Gasteiger charge is -2.08. The number of hydrogen-bond donors (Lipinski definition) is 1. The zero-order valence-electron chi connectivity index (χ0n) is 10.2. The van der Waals surface area contributed by atoms with Crippen LogP contribution in [0.3, 0.4) is 0 Å². The Bertz CT molecular complexity index is 576. The van der Waals surface area contributed by atoms with Crippen LogP contribution in [0.25, 0.3) is 0 Å². The first-order valence-electron chi connectivity index (χ1n) is 5.57. The van der Waals surface area contributed by atoms with Gasteiger partial charge in [-0.2, -0.15) is 0 Å². The van der Waals surface area contributed by atoms with Crippen LogP contribution in [-0.4, -0.2) is 10.9 Å². The molecule has 0 saturated heterocycles. The van der Waals surface area contributed by atoms with Crippen LogP contribution in [0.4, 0.5) is 5.69 Å². The van der Waals surface area contributed by atoms with Gasteiger partial charge in [-0.3, -0.25) is 4.79 Å². The first kappa shape index (κ1) is 12.6. The number of anilines is 1. The van der Waals surface area contributed by atoms with Gasteiger partial charge in [0.1, 0.15) is 5.69 Å². The standard InChI is InChI=1S/C14H13ClN2O/c1-9-5-3-4-6-12(9)17-14(18)13-8-11(15)7-10(2)16-13/h3-8H,1-2H3,(H,17,18). The van der Waals surface area contributed by atoms with E-state index >= 15 is 0 Å². The van der Waals surface area contributed by atoms with Crippen LogP contribution in [0.1, 0.15) is 21.7 Å². The predicted molar refractivity (Wildman–Crippen MR) is 73.1 cm³/mol. The molecule has 0 unspecified atom stereocenters. The lowest BCUT2D eigenvalue weighted by atomic mass is 10.2. The van der Waals surface area contributed by atoms with E-state index in [1.165, 1.54) is 0 Å². The number of nitrogens with zero attached hydrogens (tertiary/aromatic N) is 1. The number of halogens is 1. The normalized spacial score (nSPS) is 10.2. The minimum absolute atomic E-state index is 0.255. The number of rotatable bonds is 2. The van der Waals surface area contributed by atoms with Crippen molar-refractivity contribution < 1.29 is 4.79 Å². The van der Waals surface area contributed by atoms with E-state index in [-0.39, 0.29) is 5.91 Å². The molecule has 0 aliphatic rings. The van der Waals surface area contributed by atoms with Crippen molar-refractivity contribution in [2.75, 3.05) is 5.32 Å². The fraction of sp³-hybridized carbons (Fsp3) is 0.143. The summed E-state index contributed by atoms with van der Waals surface area (Å²) in [5, 5.41) is 3.33. The van der Waals surface area contributed by atoms with Crippen LogP contribution in [-0.2, 0) is 0 Å². The zero-order valence-corrected chi connectivity index (χ0v) is 11.0. The number of para-hydroxylation sites is 1. The van der Waals surface area contributed by atoms with Crippen LogP contribution in [0.2, 0.25) is 5.02 Å². The lowest BCUT2D eigenvalue weighted by molar-refractivity contribution is 0.102. The summed E-state index contributed by atoms with van der Waals surface area (Å²) >= 11 is 5.91. The van der Waals surface area contributed by atoms with Crippen molar-refractivity contribution >= 4 is 23.2 Å². The Hall–Kier alpha value is -1.87. The largest absolute Gasteiger partial charge is 0.320 e. The van der Waals surface area contributed by atoms with Crippen molar-refractivity contribution in [1.82, 2.24) is 4.98 Å². The summed E-state index contributed by atoms with van der Waals surface area (Å²) in [4.78, 5) is 16.2. The lowest BCUT2D eigenvalue weighted by Crippen LogP contribution is -2.14. The molecule has 0 spiro atoms. The highest BCUT2D eigenvalue weighted by Gasteiger charge is 2.10.